The minimum absolute atomic E-state index is 0.587. The van der Waals surface area contributed by atoms with Crippen LogP contribution >= 0.6 is 0 Å². The summed E-state index contributed by atoms with van der Waals surface area (Å²) in [5.74, 6) is 2.00. The summed E-state index contributed by atoms with van der Waals surface area (Å²) in [5.41, 5.74) is 1.74. The molecule has 5 heteroatoms. The topological polar surface area (TPSA) is 40.1 Å². The van der Waals surface area contributed by atoms with E-state index in [2.05, 4.69) is 48.3 Å². The number of guanidine groups is 1. The molecule has 1 heterocycles. The number of nitrogens with one attached hydrogen (secondary N) is 1. The Labute approximate surface area is 158 Å². The van der Waals surface area contributed by atoms with Gasteiger partial charge in [-0.25, -0.2) is 4.99 Å². The van der Waals surface area contributed by atoms with Crippen molar-refractivity contribution in [1.82, 2.24) is 15.1 Å². The van der Waals surface area contributed by atoms with Crippen LogP contribution in [0.1, 0.15) is 38.2 Å². The molecule has 3 rings (SSSR count). The third-order valence-electron chi connectivity index (χ3n) is 5.65. The summed E-state index contributed by atoms with van der Waals surface area (Å²) in [4.78, 5) is 9.52. The van der Waals surface area contributed by atoms with Gasteiger partial charge in [0.1, 0.15) is 12.4 Å². The fourth-order valence-electron chi connectivity index (χ4n) is 3.90. The van der Waals surface area contributed by atoms with Crippen molar-refractivity contribution in [3.05, 3.63) is 29.8 Å². The zero-order valence-corrected chi connectivity index (χ0v) is 16.6. The Morgan fingerprint density at radius 3 is 2.73 bits per heavy atom. The van der Waals surface area contributed by atoms with Crippen LogP contribution in [0.5, 0.6) is 5.75 Å². The summed E-state index contributed by atoms with van der Waals surface area (Å²) in [7, 11) is 4.13. The molecule has 26 heavy (non-hydrogen) atoms. The van der Waals surface area contributed by atoms with Gasteiger partial charge in [-0.3, -0.25) is 0 Å². The molecule has 0 atom stereocenters. The molecule has 1 aromatic rings. The predicted molar refractivity (Wildman–Crippen MR) is 108 cm³/mol. The van der Waals surface area contributed by atoms with Gasteiger partial charge in [0.2, 0.25) is 0 Å². The molecule has 1 N–H and O–H groups in total. The molecule has 0 radical (unpaired) electrons. The third-order valence-corrected chi connectivity index (χ3v) is 5.65. The van der Waals surface area contributed by atoms with Crippen molar-refractivity contribution in [2.24, 2.45) is 10.4 Å². The molecule has 0 aromatic heterocycles. The Kier molecular flexibility index (Phi) is 6.41. The van der Waals surface area contributed by atoms with E-state index in [1.54, 1.807) is 0 Å². The standard InChI is InChI=1S/C21H34N4O/c1-4-22-20(25-13-12-21(17-25)10-7-11-21)23-16-18-8-5-6-9-19(18)26-15-14-24(2)3/h5-6,8-9H,4,7,10-17H2,1-3H3,(H,22,23). The minimum atomic E-state index is 0.587. The normalized spacial score (nSPS) is 19.1. The van der Waals surface area contributed by atoms with Gasteiger partial charge in [-0.1, -0.05) is 24.6 Å². The number of hydrogen-bond acceptors (Lipinski definition) is 3. The van der Waals surface area contributed by atoms with Gasteiger partial charge in [0.25, 0.3) is 0 Å². The van der Waals surface area contributed by atoms with E-state index < -0.39 is 0 Å². The first-order valence-electron chi connectivity index (χ1n) is 10.0. The Morgan fingerprint density at radius 2 is 2.08 bits per heavy atom. The van der Waals surface area contributed by atoms with Crippen molar-refractivity contribution in [3.63, 3.8) is 0 Å². The lowest BCUT2D eigenvalue weighted by molar-refractivity contribution is 0.151. The first-order chi connectivity index (χ1) is 12.6. The number of para-hydroxylation sites is 1. The summed E-state index contributed by atoms with van der Waals surface area (Å²) in [6, 6.07) is 8.27. The molecule has 144 valence electrons. The van der Waals surface area contributed by atoms with Crippen LogP contribution in [0.3, 0.4) is 0 Å². The van der Waals surface area contributed by atoms with Crippen LogP contribution in [0.4, 0.5) is 0 Å². The molecule has 1 aliphatic carbocycles. The molecular weight excluding hydrogens is 324 g/mol. The summed E-state index contributed by atoms with van der Waals surface area (Å²) >= 11 is 0. The quantitative estimate of drug-likeness (QED) is 0.601. The van der Waals surface area contributed by atoms with Crippen LogP contribution < -0.4 is 10.1 Å². The van der Waals surface area contributed by atoms with Crippen LogP contribution in [-0.2, 0) is 6.54 Å². The summed E-state index contributed by atoms with van der Waals surface area (Å²) < 4.78 is 5.98. The molecule has 2 aliphatic rings. The molecule has 1 aliphatic heterocycles. The number of benzene rings is 1. The lowest BCUT2D eigenvalue weighted by Gasteiger charge is -2.38. The first-order valence-corrected chi connectivity index (χ1v) is 10.0. The molecule has 0 amide bonds. The van der Waals surface area contributed by atoms with E-state index in [1.807, 2.05) is 12.1 Å². The SMILES string of the molecule is CCNC(=NCc1ccccc1OCCN(C)C)N1CCC2(CCC2)C1. The Bertz CT molecular complexity index is 610. The van der Waals surface area contributed by atoms with E-state index in [0.29, 0.717) is 18.6 Å². The first kappa shape index (κ1) is 19.0. The average Bonchev–Trinajstić information content (AvgIpc) is 3.05. The van der Waals surface area contributed by atoms with Gasteiger partial charge in [-0.2, -0.15) is 0 Å². The van der Waals surface area contributed by atoms with Crippen molar-refractivity contribution < 1.29 is 4.74 Å². The molecule has 2 fully saturated rings. The highest BCUT2D eigenvalue weighted by Gasteiger charge is 2.43. The van der Waals surface area contributed by atoms with Crippen LogP contribution in [0, 0.1) is 5.41 Å². The lowest BCUT2D eigenvalue weighted by atomic mass is 9.68. The number of nitrogens with zero attached hydrogens (tertiary/aromatic N) is 3. The molecule has 1 saturated heterocycles. The Balaban J connectivity index is 1.64. The number of rotatable bonds is 7. The van der Waals surface area contributed by atoms with E-state index in [4.69, 9.17) is 9.73 Å². The van der Waals surface area contributed by atoms with Gasteiger partial charge >= 0.3 is 0 Å². The van der Waals surface area contributed by atoms with E-state index >= 15 is 0 Å². The van der Waals surface area contributed by atoms with Crippen LogP contribution in [-0.4, -0.2) is 62.6 Å². The maximum Gasteiger partial charge on any atom is 0.194 e. The zero-order valence-electron chi connectivity index (χ0n) is 16.6. The Hall–Kier alpha value is -1.75. The van der Waals surface area contributed by atoms with Gasteiger partial charge < -0.3 is 19.9 Å². The minimum Gasteiger partial charge on any atom is -0.492 e. The highest BCUT2D eigenvalue weighted by molar-refractivity contribution is 5.80. The second kappa shape index (κ2) is 8.76. The second-order valence-electron chi connectivity index (χ2n) is 7.95. The number of hydrogen-bond donors (Lipinski definition) is 1. The van der Waals surface area contributed by atoms with Crippen molar-refractivity contribution in [1.29, 1.82) is 0 Å². The van der Waals surface area contributed by atoms with Gasteiger partial charge in [-0.05, 0) is 51.8 Å². The molecule has 1 spiro atoms. The maximum atomic E-state index is 5.98. The molecule has 0 bridgehead atoms. The van der Waals surface area contributed by atoms with Crippen molar-refractivity contribution in [2.75, 3.05) is 46.9 Å². The summed E-state index contributed by atoms with van der Waals surface area (Å²) in [6.45, 7) is 7.61. The monoisotopic (exact) mass is 358 g/mol. The predicted octanol–water partition coefficient (Wildman–Crippen LogP) is 2.97. The van der Waals surface area contributed by atoms with E-state index in [9.17, 15) is 0 Å². The average molecular weight is 359 g/mol. The van der Waals surface area contributed by atoms with Crippen molar-refractivity contribution in [3.8, 4) is 5.75 Å². The van der Waals surface area contributed by atoms with E-state index in [-0.39, 0.29) is 0 Å². The highest BCUT2D eigenvalue weighted by atomic mass is 16.5. The molecule has 0 unspecified atom stereocenters. The third kappa shape index (κ3) is 4.70. The molecular formula is C21H34N4O. The molecule has 1 aromatic carbocycles. The number of likely N-dealkylation sites (tertiary alicyclic amines) is 1. The van der Waals surface area contributed by atoms with Crippen LogP contribution in [0.2, 0.25) is 0 Å². The zero-order chi connectivity index (χ0) is 18.4. The second-order valence-corrected chi connectivity index (χ2v) is 7.95. The number of likely N-dealkylation sites (N-methyl/N-ethyl adjacent to an activating group) is 1. The van der Waals surface area contributed by atoms with Gasteiger partial charge in [0, 0.05) is 31.7 Å². The number of ether oxygens (including phenoxy) is 1. The number of aliphatic imine (C=N–C) groups is 1. The van der Waals surface area contributed by atoms with Crippen molar-refractivity contribution >= 4 is 5.96 Å². The molecule has 5 nitrogen and oxygen atoms in total. The Morgan fingerprint density at radius 1 is 1.27 bits per heavy atom. The van der Waals surface area contributed by atoms with Crippen LogP contribution in [0.15, 0.2) is 29.3 Å². The van der Waals surface area contributed by atoms with Gasteiger partial charge in [-0.15, -0.1) is 0 Å². The summed E-state index contributed by atoms with van der Waals surface area (Å²) in [5, 5.41) is 3.49. The highest BCUT2D eigenvalue weighted by Crippen LogP contribution is 2.47. The van der Waals surface area contributed by atoms with Crippen LogP contribution in [0.25, 0.3) is 0 Å². The van der Waals surface area contributed by atoms with Crippen molar-refractivity contribution in [2.45, 2.75) is 39.2 Å². The van der Waals surface area contributed by atoms with Gasteiger partial charge in [0.15, 0.2) is 5.96 Å². The largest absolute Gasteiger partial charge is 0.492 e. The van der Waals surface area contributed by atoms with Gasteiger partial charge in [0.05, 0.1) is 6.54 Å². The lowest BCUT2D eigenvalue weighted by Crippen LogP contribution is -2.42. The van der Waals surface area contributed by atoms with E-state index in [0.717, 1.165) is 36.9 Å². The summed E-state index contributed by atoms with van der Waals surface area (Å²) in [6.07, 6.45) is 5.51. The fraction of sp³-hybridized carbons (Fsp3) is 0.667. The molecule has 1 saturated carbocycles. The fourth-order valence-corrected chi connectivity index (χ4v) is 3.90. The maximum absolute atomic E-state index is 5.98. The van der Waals surface area contributed by atoms with E-state index in [1.165, 1.54) is 32.2 Å². The smallest absolute Gasteiger partial charge is 0.194 e.